The van der Waals surface area contributed by atoms with Crippen molar-refractivity contribution in [3.05, 3.63) is 66.1 Å². The van der Waals surface area contributed by atoms with Crippen LogP contribution in [0.2, 0.25) is 0 Å². The lowest BCUT2D eigenvalue weighted by Gasteiger charge is -2.38. The molecule has 4 rings (SSSR count). The minimum atomic E-state index is -0.148. The summed E-state index contributed by atoms with van der Waals surface area (Å²) in [6.07, 6.45) is 11.8. The summed E-state index contributed by atoms with van der Waals surface area (Å²) >= 11 is 0. The number of nitrogens with zero attached hydrogens (tertiary/aromatic N) is 5. The smallest absolute Gasteiger partial charge is 0.256 e. The molecule has 1 saturated heterocycles. The third-order valence-electron chi connectivity index (χ3n) is 5.06. The number of hydrogen-bond donors (Lipinski definition) is 0. The van der Waals surface area contributed by atoms with E-state index >= 15 is 0 Å². The molecular weight excluding hydrogens is 366 g/mol. The largest absolute Gasteiger partial charge is 0.472 e. The number of carbonyl (C=O) groups is 1. The summed E-state index contributed by atoms with van der Waals surface area (Å²) in [7, 11) is 0. The fourth-order valence-electron chi connectivity index (χ4n) is 3.51. The van der Waals surface area contributed by atoms with Crippen LogP contribution in [-0.2, 0) is 0 Å². The molecule has 0 aliphatic carbocycles. The summed E-state index contributed by atoms with van der Waals surface area (Å²) in [5.74, 6) is 3.00. The molecule has 29 heavy (non-hydrogen) atoms. The zero-order valence-corrected chi connectivity index (χ0v) is 16.1. The Kier molecular flexibility index (Phi) is 5.25. The first-order valence-corrected chi connectivity index (χ1v) is 9.51. The molecular formula is C22H21N5O2. The highest BCUT2D eigenvalue weighted by atomic mass is 16.5. The number of terminal acetylenes is 1. The Morgan fingerprint density at radius 2 is 1.97 bits per heavy atom. The lowest BCUT2D eigenvalue weighted by atomic mass is 9.99. The molecule has 1 aliphatic rings. The van der Waals surface area contributed by atoms with E-state index in [9.17, 15) is 4.79 Å². The monoisotopic (exact) mass is 387 g/mol. The molecule has 0 radical (unpaired) electrons. The molecule has 1 fully saturated rings. The van der Waals surface area contributed by atoms with Gasteiger partial charge in [-0.15, -0.1) is 6.42 Å². The lowest BCUT2D eigenvalue weighted by Crippen LogP contribution is -2.49. The second-order valence-electron chi connectivity index (χ2n) is 6.99. The maximum absolute atomic E-state index is 13.4. The first kappa shape index (κ1) is 18.7. The fourth-order valence-corrected chi connectivity index (χ4v) is 3.51. The van der Waals surface area contributed by atoms with Crippen molar-refractivity contribution < 1.29 is 9.53 Å². The van der Waals surface area contributed by atoms with Gasteiger partial charge in [-0.25, -0.2) is 4.98 Å². The Balaban J connectivity index is 1.55. The predicted molar refractivity (Wildman–Crippen MR) is 108 cm³/mol. The number of para-hydroxylation sites is 1. The molecule has 3 heterocycles. The van der Waals surface area contributed by atoms with Crippen LogP contribution in [0.1, 0.15) is 35.7 Å². The van der Waals surface area contributed by atoms with Gasteiger partial charge in [0, 0.05) is 23.9 Å². The molecule has 7 nitrogen and oxygen atoms in total. The van der Waals surface area contributed by atoms with E-state index in [0.717, 1.165) is 12.8 Å². The standard InChI is InChI=1S/C22H21N5O2/c1-3-17-10-11-23-21(14-17)29-18-9-8-16(2)26(15-18)22(28)19-6-4-5-7-20(19)27-24-12-13-25-27/h1,4-7,10-14,16,18H,8-9,15H2,2H3/t16-,18-/m1/s1. The Morgan fingerprint density at radius 3 is 2.76 bits per heavy atom. The number of likely N-dealkylation sites (tertiary alicyclic amines) is 1. The van der Waals surface area contributed by atoms with Crippen LogP contribution >= 0.6 is 0 Å². The van der Waals surface area contributed by atoms with Gasteiger partial charge in [0.25, 0.3) is 5.91 Å². The first-order valence-electron chi connectivity index (χ1n) is 9.51. The zero-order chi connectivity index (χ0) is 20.2. The molecule has 1 amide bonds. The van der Waals surface area contributed by atoms with Crippen molar-refractivity contribution in [3.63, 3.8) is 0 Å². The molecule has 1 aliphatic heterocycles. The summed E-state index contributed by atoms with van der Waals surface area (Å²) < 4.78 is 6.03. The molecule has 0 spiro atoms. The average Bonchev–Trinajstić information content (AvgIpc) is 3.29. The maximum Gasteiger partial charge on any atom is 0.256 e. The second-order valence-corrected chi connectivity index (χ2v) is 6.99. The summed E-state index contributed by atoms with van der Waals surface area (Å²) in [4.78, 5) is 20.9. The summed E-state index contributed by atoms with van der Waals surface area (Å²) in [5, 5.41) is 8.33. The Hall–Kier alpha value is -3.66. The number of pyridine rings is 1. The molecule has 3 aromatic rings. The van der Waals surface area contributed by atoms with Crippen LogP contribution in [0.15, 0.2) is 55.0 Å². The van der Waals surface area contributed by atoms with E-state index in [1.54, 1.807) is 36.8 Å². The van der Waals surface area contributed by atoms with Crippen LogP contribution in [0.25, 0.3) is 5.69 Å². The topological polar surface area (TPSA) is 73.1 Å². The Morgan fingerprint density at radius 1 is 1.17 bits per heavy atom. The number of hydrogen-bond acceptors (Lipinski definition) is 5. The molecule has 0 bridgehead atoms. The zero-order valence-electron chi connectivity index (χ0n) is 16.1. The van der Waals surface area contributed by atoms with Gasteiger partial charge in [0.15, 0.2) is 0 Å². The van der Waals surface area contributed by atoms with Gasteiger partial charge in [0.2, 0.25) is 5.88 Å². The van der Waals surface area contributed by atoms with E-state index in [1.807, 2.05) is 23.1 Å². The molecule has 7 heteroatoms. The third-order valence-corrected chi connectivity index (χ3v) is 5.06. The van der Waals surface area contributed by atoms with Crippen molar-refractivity contribution in [2.75, 3.05) is 6.54 Å². The number of carbonyl (C=O) groups excluding carboxylic acids is 1. The van der Waals surface area contributed by atoms with Crippen LogP contribution in [0, 0.1) is 12.3 Å². The van der Waals surface area contributed by atoms with E-state index in [-0.39, 0.29) is 18.1 Å². The SMILES string of the molecule is C#Cc1ccnc(O[C@@H]2CC[C@@H](C)N(C(=O)c3ccccc3-n3nccn3)C2)c1. The molecule has 0 N–H and O–H groups in total. The van der Waals surface area contributed by atoms with Crippen LogP contribution in [0.4, 0.5) is 0 Å². The lowest BCUT2D eigenvalue weighted by molar-refractivity contribution is 0.0372. The van der Waals surface area contributed by atoms with Gasteiger partial charge >= 0.3 is 0 Å². The number of piperidine rings is 1. The second kappa shape index (κ2) is 8.15. The van der Waals surface area contributed by atoms with Gasteiger partial charge in [-0.05, 0) is 38.0 Å². The maximum atomic E-state index is 13.4. The molecule has 2 aromatic heterocycles. The van der Waals surface area contributed by atoms with Crippen molar-refractivity contribution in [3.8, 4) is 23.9 Å². The van der Waals surface area contributed by atoms with E-state index in [4.69, 9.17) is 11.2 Å². The van der Waals surface area contributed by atoms with E-state index in [2.05, 4.69) is 28.0 Å². The molecule has 146 valence electrons. The number of rotatable bonds is 4. The number of aromatic nitrogens is 4. The summed E-state index contributed by atoms with van der Waals surface area (Å²) in [5.41, 5.74) is 1.93. The normalized spacial score (nSPS) is 18.8. The van der Waals surface area contributed by atoms with E-state index in [1.165, 1.54) is 4.80 Å². The van der Waals surface area contributed by atoms with Crippen molar-refractivity contribution in [2.24, 2.45) is 0 Å². The van der Waals surface area contributed by atoms with Crippen LogP contribution in [0.3, 0.4) is 0 Å². The van der Waals surface area contributed by atoms with Crippen molar-refractivity contribution >= 4 is 5.91 Å². The summed E-state index contributed by atoms with van der Waals surface area (Å²) in [6.45, 7) is 2.53. The molecule has 0 unspecified atom stereocenters. The van der Waals surface area contributed by atoms with E-state index < -0.39 is 0 Å². The number of amides is 1. The van der Waals surface area contributed by atoms with Crippen LogP contribution in [0.5, 0.6) is 5.88 Å². The molecule has 0 saturated carbocycles. The highest BCUT2D eigenvalue weighted by Gasteiger charge is 2.32. The molecule has 1 aromatic carbocycles. The summed E-state index contributed by atoms with van der Waals surface area (Å²) in [6, 6.07) is 10.9. The van der Waals surface area contributed by atoms with Gasteiger partial charge in [0.05, 0.1) is 30.2 Å². The van der Waals surface area contributed by atoms with Crippen molar-refractivity contribution in [1.82, 2.24) is 24.9 Å². The van der Waals surface area contributed by atoms with Crippen LogP contribution in [-0.4, -0.2) is 49.5 Å². The first-order chi connectivity index (χ1) is 14.2. The van der Waals surface area contributed by atoms with Gasteiger partial charge in [-0.2, -0.15) is 15.0 Å². The van der Waals surface area contributed by atoms with Crippen LogP contribution < -0.4 is 4.74 Å². The van der Waals surface area contributed by atoms with Gasteiger partial charge in [0.1, 0.15) is 6.10 Å². The minimum Gasteiger partial charge on any atom is -0.472 e. The number of ether oxygens (including phenoxy) is 1. The third kappa shape index (κ3) is 3.97. The Labute approximate surface area is 169 Å². The highest BCUT2D eigenvalue weighted by molar-refractivity contribution is 5.98. The van der Waals surface area contributed by atoms with Gasteiger partial charge in [-0.1, -0.05) is 18.1 Å². The highest BCUT2D eigenvalue weighted by Crippen LogP contribution is 2.25. The van der Waals surface area contributed by atoms with Gasteiger partial charge < -0.3 is 9.64 Å². The van der Waals surface area contributed by atoms with Crippen molar-refractivity contribution in [1.29, 1.82) is 0 Å². The van der Waals surface area contributed by atoms with Crippen molar-refractivity contribution in [2.45, 2.75) is 31.9 Å². The number of benzene rings is 1. The quantitative estimate of drug-likeness (QED) is 0.644. The fraction of sp³-hybridized carbons (Fsp3) is 0.273. The minimum absolute atomic E-state index is 0.0657. The average molecular weight is 387 g/mol. The van der Waals surface area contributed by atoms with Gasteiger partial charge in [-0.3, -0.25) is 4.79 Å². The Bertz CT molecular complexity index is 1040. The van der Waals surface area contributed by atoms with E-state index in [0.29, 0.717) is 29.2 Å². The molecule has 2 atom stereocenters. The predicted octanol–water partition coefficient (Wildman–Crippen LogP) is 2.72.